The van der Waals surface area contributed by atoms with Crippen LogP contribution in [-0.2, 0) is 24.2 Å². The molecule has 0 saturated carbocycles. The van der Waals surface area contributed by atoms with Gasteiger partial charge in [0.15, 0.2) is 6.61 Å². The van der Waals surface area contributed by atoms with Crippen molar-refractivity contribution in [1.82, 2.24) is 10.2 Å². The molecule has 0 saturated heterocycles. The molecule has 4 nitrogen and oxygen atoms in total. The second-order valence-corrected chi connectivity index (χ2v) is 6.93. The lowest BCUT2D eigenvalue weighted by Gasteiger charge is -2.33. The highest BCUT2D eigenvalue weighted by Gasteiger charge is 2.20. The van der Waals surface area contributed by atoms with Crippen molar-refractivity contribution in [3.8, 4) is 5.75 Å². The summed E-state index contributed by atoms with van der Waals surface area (Å²) in [5.41, 5.74) is 4.11. The Morgan fingerprint density at radius 3 is 2.62 bits per heavy atom. The monoisotopic (exact) mass is 352 g/mol. The van der Waals surface area contributed by atoms with Gasteiger partial charge >= 0.3 is 0 Å². The average Bonchev–Trinajstić information content (AvgIpc) is 2.70. The van der Waals surface area contributed by atoms with Crippen molar-refractivity contribution in [2.45, 2.75) is 39.3 Å². The van der Waals surface area contributed by atoms with Gasteiger partial charge in [0.25, 0.3) is 5.91 Å². The molecule has 1 aliphatic rings. The molecule has 1 heterocycles. The van der Waals surface area contributed by atoms with Gasteiger partial charge in [-0.05, 0) is 48.6 Å². The van der Waals surface area contributed by atoms with Crippen LogP contribution in [0.4, 0.5) is 0 Å². The van der Waals surface area contributed by atoms with Crippen LogP contribution in [-0.4, -0.2) is 36.5 Å². The molecule has 1 aliphatic heterocycles. The first-order chi connectivity index (χ1) is 12.7. The van der Waals surface area contributed by atoms with Gasteiger partial charge in [0.05, 0.1) is 0 Å². The summed E-state index contributed by atoms with van der Waals surface area (Å²) in [6.45, 7) is 6.96. The Morgan fingerprint density at radius 1 is 1.15 bits per heavy atom. The SMILES string of the molecule is CCc1ccc(OCC(=O)NCC(C)N2CCc3ccccc3C2)cc1. The minimum absolute atomic E-state index is 0.0566. The van der Waals surface area contributed by atoms with Crippen LogP contribution in [0.2, 0.25) is 0 Å². The highest BCUT2D eigenvalue weighted by molar-refractivity contribution is 5.77. The Kier molecular flexibility index (Phi) is 6.29. The zero-order valence-electron chi connectivity index (χ0n) is 15.7. The molecule has 1 atom stereocenters. The zero-order chi connectivity index (χ0) is 18.4. The van der Waals surface area contributed by atoms with Crippen LogP contribution in [0.5, 0.6) is 5.75 Å². The van der Waals surface area contributed by atoms with Crippen LogP contribution in [0.15, 0.2) is 48.5 Å². The van der Waals surface area contributed by atoms with E-state index in [0.717, 1.165) is 31.7 Å². The Hall–Kier alpha value is -2.33. The lowest BCUT2D eigenvalue weighted by atomic mass is 9.99. The van der Waals surface area contributed by atoms with E-state index in [0.29, 0.717) is 12.6 Å². The first-order valence-corrected chi connectivity index (χ1v) is 9.45. The molecule has 4 heteroatoms. The molecular weight excluding hydrogens is 324 g/mol. The minimum Gasteiger partial charge on any atom is -0.484 e. The predicted octanol–water partition coefficient (Wildman–Crippen LogP) is 3.19. The van der Waals surface area contributed by atoms with Crippen LogP contribution >= 0.6 is 0 Å². The van der Waals surface area contributed by atoms with Gasteiger partial charge in [0.2, 0.25) is 0 Å². The fraction of sp³-hybridized carbons (Fsp3) is 0.409. The third-order valence-corrected chi connectivity index (χ3v) is 5.08. The van der Waals surface area contributed by atoms with E-state index in [-0.39, 0.29) is 12.5 Å². The van der Waals surface area contributed by atoms with E-state index in [1.807, 2.05) is 24.3 Å². The summed E-state index contributed by atoms with van der Waals surface area (Å²) in [6.07, 6.45) is 2.07. The van der Waals surface area contributed by atoms with Gasteiger partial charge in [0, 0.05) is 25.7 Å². The van der Waals surface area contributed by atoms with Gasteiger partial charge in [-0.1, -0.05) is 43.3 Å². The lowest BCUT2D eigenvalue weighted by Crippen LogP contribution is -2.45. The predicted molar refractivity (Wildman–Crippen MR) is 104 cm³/mol. The van der Waals surface area contributed by atoms with Crippen LogP contribution in [0.3, 0.4) is 0 Å². The van der Waals surface area contributed by atoms with E-state index >= 15 is 0 Å². The highest BCUT2D eigenvalue weighted by Crippen LogP contribution is 2.20. The Labute approximate surface area is 156 Å². The molecule has 1 amide bonds. The number of fused-ring (bicyclic) bond motifs is 1. The number of rotatable bonds is 7. The zero-order valence-corrected chi connectivity index (χ0v) is 15.7. The molecular formula is C22H28N2O2. The number of amides is 1. The van der Waals surface area contributed by atoms with E-state index in [1.54, 1.807) is 0 Å². The summed E-state index contributed by atoms with van der Waals surface area (Å²) in [7, 11) is 0. The molecule has 138 valence electrons. The molecule has 2 aromatic rings. The van der Waals surface area contributed by atoms with E-state index in [2.05, 4.69) is 48.3 Å². The van der Waals surface area contributed by atoms with Gasteiger partial charge in [0.1, 0.15) is 5.75 Å². The maximum absolute atomic E-state index is 12.1. The number of aryl methyl sites for hydroxylation is 1. The molecule has 1 N–H and O–H groups in total. The summed E-state index contributed by atoms with van der Waals surface area (Å²) in [5.74, 6) is 0.659. The van der Waals surface area contributed by atoms with Crippen molar-refractivity contribution < 1.29 is 9.53 Å². The van der Waals surface area contributed by atoms with Crippen molar-refractivity contribution >= 4 is 5.91 Å². The van der Waals surface area contributed by atoms with Gasteiger partial charge in [-0.15, -0.1) is 0 Å². The quantitative estimate of drug-likeness (QED) is 0.832. The third-order valence-electron chi connectivity index (χ3n) is 5.08. The van der Waals surface area contributed by atoms with Crippen molar-refractivity contribution in [3.63, 3.8) is 0 Å². The molecule has 2 aromatic carbocycles. The van der Waals surface area contributed by atoms with Gasteiger partial charge in [-0.2, -0.15) is 0 Å². The minimum atomic E-state index is -0.0752. The van der Waals surface area contributed by atoms with E-state index in [1.165, 1.54) is 16.7 Å². The fourth-order valence-electron chi connectivity index (χ4n) is 3.31. The maximum Gasteiger partial charge on any atom is 0.257 e. The third kappa shape index (κ3) is 4.85. The summed E-state index contributed by atoms with van der Waals surface area (Å²) in [6, 6.07) is 16.8. The molecule has 0 radical (unpaired) electrons. The summed E-state index contributed by atoms with van der Waals surface area (Å²) < 4.78 is 5.57. The lowest BCUT2D eigenvalue weighted by molar-refractivity contribution is -0.123. The number of hydrogen-bond acceptors (Lipinski definition) is 3. The molecule has 0 aromatic heterocycles. The smallest absolute Gasteiger partial charge is 0.257 e. The molecule has 0 fully saturated rings. The second-order valence-electron chi connectivity index (χ2n) is 6.93. The van der Waals surface area contributed by atoms with Crippen molar-refractivity contribution in [2.24, 2.45) is 0 Å². The molecule has 3 rings (SSSR count). The number of carbonyl (C=O) groups is 1. The van der Waals surface area contributed by atoms with Crippen LogP contribution in [0.1, 0.15) is 30.5 Å². The van der Waals surface area contributed by atoms with Crippen molar-refractivity contribution in [2.75, 3.05) is 19.7 Å². The Bertz CT molecular complexity index is 727. The Balaban J connectivity index is 1.41. The largest absolute Gasteiger partial charge is 0.484 e. The van der Waals surface area contributed by atoms with Crippen LogP contribution < -0.4 is 10.1 Å². The van der Waals surface area contributed by atoms with E-state index in [9.17, 15) is 4.79 Å². The Morgan fingerprint density at radius 2 is 1.88 bits per heavy atom. The standard InChI is InChI=1S/C22H28N2O2/c1-3-18-8-10-21(11-9-18)26-16-22(25)23-14-17(2)24-13-12-19-6-4-5-7-20(19)15-24/h4-11,17H,3,12-16H2,1-2H3,(H,23,25). The molecule has 0 spiro atoms. The summed E-state index contributed by atoms with van der Waals surface area (Å²) in [5, 5.41) is 2.99. The number of carbonyl (C=O) groups excluding carboxylic acids is 1. The van der Waals surface area contributed by atoms with Gasteiger partial charge < -0.3 is 10.1 Å². The number of nitrogens with one attached hydrogen (secondary N) is 1. The number of nitrogens with zero attached hydrogens (tertiary/aromatic N) is 1. The number of ether oxygens (including phenoxy) is 1. The first-order valence-electron chi connectivity index (χ1n) is 9.45. The first kappa shape index (κ1) is 18.5. The van der Waals surface area contributed by atoms with Crippen LogP contribution in [0.25, 0.3) is 0 Å². The van der Waals surface area contributed by atoms with Crippen molar-refractivity contribution in [3.05, 3.63) is 65.2 Å². The molecule has 0 bridgehead atoms. The van der Waals surface area contributed by atoms with E-state index in [4.69, 9.17) is 4.74 Å². The second kappa shape index (κ2) is 8.86. The van der Waals surface area contributed by atoms with Gasteiger partial charge in [-0.3, -0.25) is 9.69 Å². The topological polar surface area (TPSA) is 41.6 Å². The molecule has 0 aliphatic carbocycles. The van der Waals surface area contributed by atoms with Gasteiger partial charge in [-0.25, -0.2) is 0 Å². The normalized spacial score (nSPS) is 15.2. The van der Waals surface area contributed by atoms with Crippen LogP contribution in [0, 0.1) is 0 Å². The fourth-order valence-corrected chi connectivity index (χ4v) is 3.31. The molecule has 26 heavy (non-hydrogen) atoms. The number of hydrogen-bond donors (Lipinski definition) is 1. The summed E-state index contributed by atoms with van der Waals surface area (Å²) >= 11 is 0. The highest BCUT2D eigenvalue weighted by atomic mass is 16.5. The maximum atomic E-state index is 12.1. The van der Waals surface area contributed by atoms with Crippen molar-refractivity contribution in [1.29, 1.82) is 0 Å². The average molecular weight is 352 g/mol. The molecule has 1 unspecified atom stereocenters. The van der Waals surface area contributed by atoms with E-state index < -0.39 is 0 Å². The number of benzene rings is 2. The summed E-state index contributed by atoms with van der Waals surface area (Å²) in [4.78, 5) is 14.5.